The Morgan fingerprint density at radius 2 is 1.88 bits per heavy atom. The van der Waals surface area contributed by atoms with Crippen molar-refractivity contribution in [2.45, 2.75) is 39.0 Å². The van der Waals surface area contributed by atoms with Crippen LogP contribution in [0, 0.1) is 11.8 Å². The highest BCUT2D eigenvalue weighted by Gasteiger charge is 2.25. The molecular formula is C12H20ClN3O. The zero-order valence-electron chi connectivity index (χ0n) is 10.7. The van der Waals surface area contributed by atoms with Gasteiger partial charge in [-0.1, -0.05) is 18.9 Å². The molecule has 0 N–H and O–H groups in total. The minimum atomic E-state index is -0.218. The number of hydrogen-bond acceptors (Lipinski definition) is 4. The van der Waals surface area contributed by atoms with Crippen molar-refractivity contribution >= 4 is 17.6 Å². The first-order valence-corrected chi connectivity index (χ1v) is 6.74. The van der Waals surface area contributed by atoms with Crippen LogP contribution in [0.25, 0.3) is 0 Å². The third kappa shape index (κ3) is 2.92. The highest BCUT2D eigenvalue weighted by atomic mass is 35.5. The van der Waals surface area contributed by atoms with Gasteiger partial charge in [-0.15, -0.1) is 16.7 Å². The minimum absolute atomic E-state index is 0.218. The van der Waals surface area contributed by atoms with Gasteiger partial charge in [-0.05, 0) is 31.6 Å². The topological polar surface area (TPSA) is 42.2 Å². The molecule has 0 aromatic carbocycles. The number of alkyl halides is 1. The molecule has 1 atom stereocenters. The van der Waals surface area contributed by atoms with Crippen LogP contribution in [-0.2, 0) is 0 Å². The van der Waals surface area contributed by atoms with Crippen LogP contribution in [0.4, 0.5) is 6.01 Å². The first kappa shape index (κ1) is 12.7. The van der Waals surface area contributed by atoms with Gasteiger partial charge in [0, 0.05) is 13.1 Å². The predicted octanol–water partition coefficient (Wildman–Crippen LogP) is 3.24. The molecule has 1 fully saturated rings. The standard InChI is InChI=1S/C12H20ClN3O/c1-8(2)10-4-6-16(7-5-10)12-15-14-11(17-12)9(3)13/h8-10H,4-7H2,1-3H3. The fraction of sp³-hybridized carbons (Fsp3) is 0.833. The van der Waals surface area contributed by atoms with E-state index >= 15 is 0 Å². The maximum atomic E-state index is 5.91. The van der Waals surface area contributed by atoms with Gasteiger partial charge in [0.1, 0.15) is 5.38 Å². The number of nitrogens with zero attached hydrogens (tertiary/aromatic N) is 3. The molecule has 1 aromatic rings. The summed E-state index contributed by atoms with van der Waals surface area (Å²) in [4.78, 5) is 2.16. The SMILES string of the molecule is CC(Cl)c1nnc(N2CCC(C(C)C)CC2)o1. The second kappa shape index (κ2) is 5.25. The van der Waals surface area contributed by atoms with Gasteiger partial charge in [-0.25, -0.2) is 0 Å². The molecule has 4 nitrogen and oxygen atoms in total. The van der Waals surface area contributed by atoms with Gasteiger partial charge >= 0.3 is 6.01 Å². The molecule has 0 bridgehead atoms. The monoisotopic (exact) mass is 257 g/mol. The molecule has 0 aliphatic carbocycles. The van der Waals surface area contributed by atoms with Gasteiger partial charge in [0.2, 0.25) is 5.89 Å². The molecule has 96 valence electrons. The van der Waals surface area contributed by atoms with Crippen molar-refractivity contribution in [1.82, 2.24) is 10.2 Å². The number of anilines is 1. The van der Waals surface area contributed by atoms with Crippen molar-refractivity contribution in [3.8, 4) is 0 Å². The molecule has 1 aliphatic heterocycles. The number of rotatable bonds is 3. The summed E-state index contributed by atoms with van der Waals surface area (Å²) in [6, 6.07) is 0.620. The average molecular weight is 258 g/mol. The summed E-state index contributed by atoms with van der Waals surface area (Å²) in [7, 11) is 0. The molecule has 2 rings (SSSR count). The Labute approximate surface area is 107 Å². The van der Waals surface area contributed by atoms with Crippen LogP contribution in [0.15, 0.2) is 4.42 Å². The second-order valence-electron chi connectivity index (χ2n) is 5.11. The summed E-state index contributed by atoms with van der Waals surface area (Å²) in [5.41, 5.74) is 0. The molecule has 1 saturated heterocycles. The molecule has 0 saturated carbocycles. The van der Waals surface area contributed by atoms with Crippen LogP contribution in [-0.4, -0.2) is 23.3 Å². The number of hydrogen-bond donors (Lipinski definition) is 0. The second-order valence-corrected chi connectivity index (χ2v) is 5.76. The van der Waals surface area contributed by atoms with Crippen LogP contribution in [0.5, 0.6) is 0 Å². The summed E-state index contributed by atoms with van der Waals surface area (Å²) < 4.78 is 5.55. The lowest BCUT2D eigenvalue weighted by molar-refractivity contribution is 0.303. The van der Waals surface area contributed by atoms with Gasteiger partial charge in [-0.3, -0.25) is 0 Å². The van der Waals surface area contributed by atoms with Crippen molar-refractivity contribution in [1.29, 1.82) is 0 Å². The van der Waals surface area contributed by atoms with Gasteiger partial charge in [0.05, 0.1) is 0 Å². The molecular weight excluding hydrogens is 238 g/mol. The lowest BCUT2D eigenvalue weighted by Gasteiger charge is -2.32. The van der Waals surface area contributed by atoms with Crippen LogP contribution < -0.4 is 4.90 Å². The molecule has 5 heteroatoms. The third-order valence-electron chi connectivity index (χ3n) is 3.52. The summed E-state index contributed by atoms with van der Waals surface area (Å²) in [6.07, 6.45) is 2.40. The van der Waals surface area contributed by atoms with Gasteiger partial charge in [-0.2, -0.15) is 0 Å². The first-order valence-electron chi connectivity index (χ1n) is 6.30. The van der Waals surface area contributed by atoms with E-state index < -0.39 is 0 Å². The Morgan fingerprint density at radius 3 is 2.35 bits per heavy atom. The third-order valence-corrected chi connectivity index (χ3v) is 3.71. The molecule has 1 unspecified atom stereocenters. The Balaban J connectivity index is 1.96. The summed E-state index contributed by atoms with van der Waals surface area (Å²) in [5.74, 6) is 2.09. The maximum Gasteiger partial charge on any atom is 0.318 e. The van der Waals surface area contributed by atoms with Crippen molar-refractivity contribution in [3.63, 3.8) is 0 Å². The number of piperidine rings is 1. The van der Waals surface area contributed by atoms with Gasteiger partial charge < -0.3 is 9.32 Å². The van der Waals surface area contributed by atoms with Crippen molar-refractivity contribution < 1.29 is 4.42 Å². The van der Waals surface area contributed by atoms with Crippen LogP contribution in [0.1, 0.15) is 44.9 Å². The molecule has 0 amide bonds. The highest BCUT2D eigenvalue weighted by Crippen LogP contribution is 2.28. The molecule has 2 heterocycles. The van der Waals surface area contributed by atoms with Crippen molar-refractivity contribution in [3.05, 3.63) is 5.89 Å². The Morgan fingerprint density at radius 1 is 1.24 bits per heavy atom. The van der Waals surface area contributed by atoms with Crippen LogP contribution in [0.2, 0.25) is 0 Å². The molecule has 1 aromatic heterocycles. The number of aromatic nitrogens is 2. The normalized spacial score (nSPS) is 19.9. The fourth-order valence-corrected chi connectivity index (χ4v) is 2.36. The quantitative estimate of drug-likeness (QED) is 0.780. The zero-order chi connectivity index (χ0) is 12.4. The van der Waals surface area contributed by atoms with E-state index in [2.05, 4.69) is 28.9 Å². The lowest BCUT2D eigenvalue weighted by atomic mass is 9.87. The maximum absolute atomic E-state index is 5.91. The van der Waals surface area contributed by atoms with Crippen LogP contribution in [0.3, 0.4) is 0 Å². The summed E-state index contributed by atoms with van der Waals surface area (Å²) in [6.45, 7) is 8.42. The van der Waals surface area contributed by atoms with Gasteiger partial charge in [0.15, 0.2) is 0 Å². The van der Waals surface area contributed by atoms with E-state index in [9.17, 15) is 0 Å². The summed E-state index contributed by atoms with van der Waals surface area (Å²) in [5, 5.41) is 7.79. The largest absolute Gasteiger partial charge is 0.406 e. The Kier molecular flexibility index (Phi) is 3.92. The van der Waals surface area contributed by atoms with E-state index in [-0.39, 0.29) is 5.38 Å². The number of halogens is 1. The minimum Gasteiger partial charge on any atom is -0.406 e. The smallest absolute Gasteiger partial charge is 0.318 e. The molecule has 0 radical (unpaired) electrons. The van der Waals surface area contributed by atoms with E-state index in [0.717, 1.165) is 24.9 Å². The van der Waals surface area contributed by atoms with E-state index in [1.807, 2.05) is 6.92 Å². The predicted molar refractivity (Wildman–Crippen MR) is 68.3 cm³/mol. The Hall–Kier alpha value is -0.770. The zero-order valence-corrected chi connectivity index (χ0v) is 11.4. The summed E-state index contributed by atoms with van der Waals surface area (Å²) >= 11 is 5.91. The molecule has 1 aliphatic rings. The van der Waals surface area contributed by atoms with Crippen LogP contribution >= 0.6 is 11.6 Å². The van der Waals surface area contributed by atoms with Crippen molar-refractivity contribution in [2.24, 2.45) is 11.8 Å². The molecule has 17 heavy (non-hydrogen) atoms. The van der Waals surface area contributed by atoms with E-state index in [4.69, 9.17) is 16.0 Å². The Bertz CT molecular complexity index is 356. The average Bonchev–Trinajstić information content (AvgIpc) is 2.78. The lowest BCUT2D eigenvalue weighted by Crippen LogP contribution is -2.35. The highest BCUT2D eigenvalue weighted by molar-refractivity contribution is 6.20. The van der Waals surface area contributed by atoms with E-state index in [1.165, 1.54) is 12.8 Å². The van der Waals surface area contributed by atoms with Crippen molar-refractivity contribution in [2.75, 3.05) is 18.0 Å². The van der Waals surface area contributed by atoms with E-state index in [1.54, 1.807) is 0 Å². The van der Waals surface area contributed by atoms with Gasteiger partial charge in [0.25, 0.3) is 0 Å². The van der Waals surface area contributed by atoms with E-state index in [0.29, 0.717) is 11.9 Å². The molecule has 0 spiro atoms. The first-order chi connectivity index (χ1) is 8.08. The fourth-order valence-electron chi connectivity index (χ4n) is 2.27.